The lowest BCUT2D eigenvalue weighted by Crippen LogP contribution is -2.01. The average Bonchev–Trinajstić information content (AvgIpc) is 2.74. The standard InChI is InChI=1S/C13H14FNO2S2/c1-9-15-11(6-18-9)8-19(16)7-10-3-4-13(17-2)12(14)5-10/h3-6H,7-8H2,1-2H3/t19-/m0/s1. The summed E-state index contributed by atoms with van der Waals surface area (Å²) in [5, 5.41) is 2.87. The number of nitrogens with zero attached hydrogens (tertiary/aromatic N) is 1. The van der Waals surface area contributed by atoms with Crippen LogP contribution in [0.4, 0.5) is 4.39 Å². The van der Waals surface area contributed by atoms with E-state index in [-0.39, 0.29) is 5.75 Å². The first kappa shape index (κ1) is 14.1. The number of thiazole rings is 1. The molecule has 102 valence electrons. The van der Waals surface area contributed by atoms with E-state index >= 15 is 0 Å². The van der Waals surface area contributed by atoms with E-state index in [1.54, 1.807) is 12.1 Å². The molecule has 0 amide bonds. The smallest absolute Gasteiger partial charge is 0.165 e. The Morgan fingerprint density at radius 2 is 2.21 bits per heavy atom. The van der Waals surface area contributed by atoms with Crippen molar-refractivity contribution < 1.29 is 13.3 Å². The van der Waals surface area contributed by atoms with E-state index in [4.69, 9.17) is 4.74 Å². The number of aromatic nitrogens is 1. The van der Waals surface area contributed by atoms with Crippen LogP contribution in [0.15, 0.2) is 23.6 Å². The number of rotatable bonds is 5. The third kappa shape index (κ3) is 3.84. The van der Waals surface area contributed by atoms with Gasteiger partial charge in [-0.1, -0.05) is 6.07 Å². The fraction of sp³-hybridized carbons (Fsp3) is 0.308. The Kier molecular flexibility index (Phi) is 4.66. The van der Waals surface area contributed by atoms with Gasteiger partial charge in [0.25, 0.3) is 0 Å². The van der Waals surface area contributed by atoms with Crippen LogP contribution >= 0.6 is 11.3 Å². The normalized spacial score (nSPS) is 12.4. The molecule has 0 aliphatic carbocycles. The lowest BCUT2D eigenvalue weighted by molar-refractivity contribution is 0.386. The van der Waals surface area contributed by atoms with Gasteiger partial charge in [-0.3, -0.25) is 4.21 Å². The zero-order valence-electron chi connectivity index (χ0n) is 10.7. The molecule has 0 aliphatic heterocycles. The van der Waals surface area contributed by atoms with Crippen LogP contribution < -0.4 is 4.74 Å². The van der Waals surface area contributed by atoms with E-state index in [2.05, 4.69) is 4.98 Å². The Labute approximate surface area is 117 Å². The van der Waals surface area contributed by atoms with E-state index < -0.39 is 16.6 Å². The molecule has 0 aliphatic rings. The molecule has 2 aromatic rings. The van der Waals surface area contributed by atoms with Gasteiger partial charge in [0.05, 0.1) is 23.6 Å². The number of methoxy groups -OCH3 is 1. The molecule has 19 heavy (non-hydrogen) atoms. The molecule has 1 atom stereocenters. The van der Waals surface area contributed by atoms with Crippen LogP contribution in [0.2, 0.25) is 0 Å². The van der Waals surface area contributed by atoms with Gasteiger partial charge in [0.2, 0.25) is 0 Å². The molecule has 1 aromatic carbocycles. The minimum Gasteiger partial charge on any atom is -0.494 e. The van der Waals surface area contributed by atoms with Gasteiger partial charge in [-0.15, -0.1) is 11.3 Å². The van der Waals surface area contributed by atoms with Crippen LogP contribution in [-0.2, 0) is 22.3 Å². The number of aryl methyl sites for hydroxylation is 1. The maximum Gasteiger partial charge on any atom is 0.165 e. The highest BCUT2D eigenvalue weighted by molar-refractivity contribution is 7.83. The second-order valence-electron chi connectivity index (χ2n) is 4.06. The molecule has 2 rings (SSSR count). The number of ether oxygens (including phenoxy) is 1. The van der Waals surface area contributed by atoms with Gasteiger partial charge in [0.1, 0.15) is 0 Å². The summed E-state index contributed by atoms with van der Waals surface area (Å²) >= 11 is 1.54. The van der Waals surface area contributed by atoms with Crippen molar-refractivity contribution in [2.75, 3.05) is 7.11 Å². The highest BCUT2D eigenvalue weighted by Gasteiger charge is 2.09. The van der Waals surface area contributed by atoms with Crippen molar-refractivity contribution in [3.05, 3.63) is 45.7 Å². The number of benzene rings is 1. The fourth-order valence-electron chi connectivity index (χ4n) is 1.68. The molecule has 1 heterocycles. The quantitative estimate of drug-likeness (QED) is 0.852. The maximum atomic E-state index is 13.5. The van der Waals surface area contributed by atoms with Gasteiger partial charge in [-0.2, -0.15) is 0 Å². The topological polar surface area (TPSA) is 39.2 Å². The summed E-state index contributed by atoms with van der Waals surface area (Å²) in [5.74, 6) is 0.487. The first-order valence-corrected chi connectivity index (χ1v) is 8.03. The summed E-state index contributed by atoms with van der Waals surface area (Å²) in [4.78, 5) is 4.27. The highest BCUT2D eigenvalue weighted by atomic mass is 32.2. The molecule has 0 saturated heterocycles. The molecule has 0 unspecified atom stereocenters. The molecular formula is C13H14FNO2S2. The van der Waals surface area contributed by atoms with Crippen LogP contribution in [-0.4, -0.2) is 16.3 Å². The molecule has 6 heteroatoms. The van der Waals surface area contributed by atoms with Crippen LogP contribution in [0.5, 0.6) is 5.75 Å². The van der Waals surface area contributed by atoms with Gasteiger partial charge in [0, 0.05) is 21.9 Å². The van der Waals surface area contributed by atoms with Crippen molar-refractivity contribution in [1.29, 1.82) is 0 Å². The van der Waals surface area contributed by atoms with Gasteiger partial charge >= 0.3 is 0 Å². The predicted molar refractivity (Wildman–Crippen MR) is 75.4 cm³/mol. The molecule has 3 nitrogen and oxygen atoms in total. The summed E-state index contributed by atoms with van der Waals surface area (Å²) in [7, 11) is 0.329. The Bertz CT molecular complexity index is 598. The molecule has 0 saturated carbocycles. The van der Waals surface area contributed by atoms with Crippen LogP contribution in [0, 0.1) is 12.7 Å². The van der Waals surface area contributed by atoms with Gasteiger partial charge in [0.15, 0.2) is 11.6 Å². The van der Waals surface area contributed by atoms with Crippen molar-refractivity contribution in [1.82, 2.24) is 4.98 Å². The first-order valence-electron chi connectivity index (χ1n) is 5.67. The summed E-state index contributed by atoms with van der Waals surface area (Å²) in [6.45, 7) is 1.91. The van der Waals surface area contributed by atoms with E-state index in [0.717, 1.165) is 10.7 Å². The first-order chi connectivity index (χ1) is 9.08. The zero-order chi connectivity index (χ0) is 13.8. The monoisotopic (exact) mass is 299 g/mol. The van der Waals surface area contributed by atoms with Crippen molar-refractivity contribution in [2.24, 2.45) is 0 Å². The van der Waals surface area contributed by atoms with Crippen LogP contribution in [0.25, 0.3) is 0 Å². The van der Waals surface area contributed by atoms with Crippen LogP contribution in [0.1, 0.15) is 16.3 Å². The molecule has 0 spiro atoms. The summed E-state index contributed by atoms with van der Waals surface area (Å²) in [6, 6.07) is 4.64. The zero-order valence-corrected chi connectivity index (χ0v) is 12.3. The van der Waals surface area contributed by atoms with Crippen LogP contribution in [0.3, 0.4) is 0 Å². The molecule has 0 fully saturated rings. The average molecular weight is 299 g/mol. The van der Waals surface area contributed by atoms with Gasteiger partial charge in [-0.25, -0.2) is 9.37 Å². The minimum atomic E-state index is -1.09. The predicted octanol–water partition coefficient (Wildman–Crippen LogP) is 3.05. The molecular weight excluding hydrogens is 285 g/mol. The maximum absolute atomic E-state index is 13.5. The van der Waals surface area contributed by atoms with Crippen molar-refractivity contribution in [2.45, 2.75) is 18.4 Å². The second kappa shape index (κ2) is 6.25. The third-order valence-corrected chi connectivity index (χ3v) is 4.61. The largest absolute Gasteiger partial charge is 0.494 e. The Morgan fingerprint density at radius 1 is 1.42 bits per heavy atom. The minimum absolute atomic E-state index is 0.199. The highest BCUT2D eigenvalue weighted by Crippen LogP contribution is 2.19. The molecule has 0 bridgehead atoms. The number of hydrogen-bond donors (Lipinski definition) is 0. The van der Waals surface area contributed by atoms with Gasteiger partial charge < -0.3 is 4.74 Å². The second-order valence-corrected chi connectivity index (χ2v) is 6.57. The third-order valence-electron chi connectivity index (χ3n) is 2.52. The van der Waals surface area contributed by atoms with Crippen molar-refractivity contribution in [3.63, 3.8) is 0 Å². The van der Waals surface area contributed by atoms with Crippen molar-refractivity contribution >= 4 is 22.1 Å². The fourth-order valence-corrected chi connectivity index (χ4v) is 3.53. The van der Waals surface area contributed by atoms with E-state index in [9.17, 15) is 8.60 Å². The Morgan fingerprint density at radius 3 is 2.79 bits per heavy atom. The van der Waals surface area contributed by atoms with E-state index in [1.807, 2.05) is 12.3 Å². The lowest BCUT2D eigenvalue weighted by atomic mass is 10.2. The number of halogens is 1. The SMILES string of the molecule is COc1ccc(C[S@](=O)Cc2csc(C)n2)cc1F. The Hall–Kier alpha value is -1.27. The van der Waals surface area contributed by atoms with Gasteiger partial charge in [-0.05, 0) is 24.6 Å². The number of hydrogen-bond acceptors (Lipinski definition) is 4. The molecule has 1 aromatic heterocycles. The summed E-state index contributed by atoms with van der Waals surface area (Å²) in [6.07, 6.45) is 0. The Balaban J connectivity index is 2.00. The molecule has 0 radical (unpaired) electrons. The van der Waals surface area contributed by atoms with Crippen molar-refractivity contribution in [3.8, 4) is 5.75 Å². The van der Waals surface area contributed by atoms with E-state index in [0.29, 0.717) is 17.1 Å². The molecule has 0 N–H and O–H groups in total. The summed E-state index contributed by atoms with van der Waals surface area (Å²) < 4.78 is 30.3. The lowest BCUT2D eigenvalue weighted by Gasteiger charge is -2.05. The summed E-state index contributed by atoms with van der Waals surface area (Å²) in [5.41, 5.74) is 1.53. The van der Waals surface area contributed by atoms with E-state index in [1.165, 1.54) is 24.5 Å².